The highest BCUT2D eigenvalue weighted by Gasteiger charge is 2.24. The second-order valence-electron chi connectivity index (χ2n) is 4.97. The number of nitrogens with zero attached hydrogens (tertiary/aromatic N) is 4. The summed E-state index contributed by atoms with van der Waals surface area (Å²) in [7, 11) is 1.58. The molecule has 8 nitrogen and oxygen atoms in total. The van der Waals surface area contributed by atoms with Gasteiger partial charge >= 0.3 is 0 Å². The molecule has 110 valence electrons. The van der Waals surface area contributed by atoms with Crippen LogP contribution in [0.5, 0.6) is 0 Å². The lowest BCUT2D eigenvalue weighted by molar-refractivity contribution is -0.135. The van der Waals surface area contributed by atoms with Crippen molar-refractivity contribution >= 4 is 11.8 Å². The Morgan fingerprint density at radius 2 is 2.30 bits per heavy atom. The fraction of sp³-hybridized carbons (Fsp3) is 0.667. The summed E-state index contributed by atoms with van der Waals surface area (Å²) in [5.74, 6) is -0.348. The van der Waals surface area contributed by atoms with Gasteiger partial charge in [-0.25, -0.2) is 4.68 Å². The molecule has 0 aromatic carbocycles. The van der Waals surface area contributed by atoms with E-state index in [9.17, 15) is 9.59 Å². The fourth-order valence-corrected chi connectivity index (χ4v) is 1.71. The van der Waals surface area contributed by atoms with E-state index < -0.39 is 0 Å². The Kier molecular flexibility index (Phi) is 4.67. The molecule has 0 saturated heterocycles. The molecule has 0 atom stereocenters. The first-order valence-corrected chi connectivity index (χ1v) is 6.61. The third kappa shape index (κ3) is 4.30. The van der Waals surface area contributed by atoms with E-state index in [2.05, 4.69) is 15.6 Å². The molecule has 1 aromatic rings. The van der Waals surface area contributed by atoms with E-state index in [1.165, 1.54) is 9.58 Å². The average Bonchev–Trinajstić information content (AvgIpc) is 3.09. The molecule has 1 fully saturated rings. The number of aliphatic hydroxyl groups is 1. The standard InChI is InChI=1S/C12H19N5O3/c1-16(7-11(19)13-9-2-3-9)12(20)8-17-6-10(4-5-18)14-15-17/h6,9,18H,2-5,7-8H2,1H3,(H,13,19). The molecule has 1 aliphatic rings. The van der Waals surface area contributed by atoms with Gasteiger partial charge in [0.25, 0.3) is 0 Å². The summed E-state index contributed by atoms with van der Waals surface area (Å²) in [6, 6.07) is 0.294. The maximum atomic E-state index is 11.9. The number of carbonyl (C=O) groups is 2. The third-order valence-electron chi connectivity index (χ3n) is 3.00. The highest BCUT2D eigenvalue weighted by atomic mass is 16.3. The van der Waals surface area contributed by atoms with Crippen LogP contribution in [0, 0.1) is 0 Å². The molecule has 0 unspecified atom stereocenters. The summed E-state index contributed by atoms with van der Waals surface area (Å²) in [6.07, 6.45) is 4.08. The van der Waals surface area contributed by atoms with Gasteiger partial charge in [-0.1, -0.05) is 5.21 Å². The van der Waals surface area contributed by atoms with Crippen LogP contribution in [0.1, 0.15) is 18.5 Å². The molecule has 1 heterocycles. The van der Waals surface area contributed by atoms with Gasteiger partial charge in [-0.3, -0.25) is 9.59 Å². The van der Waals surface area contributed by atoms with Gasteiger partial charge in [0.05, 0.1) is 12.2 Å². The highest BCUT2D eigenvalue weighted by Crippen LogP contribution is 2.18. The molecule has 2 N–H and O–H groups in total. The number of hydrogen-bond acceptors (Lipinski definition) is 5. The zero-order chi connectivity index (χ0) is 14.5. The van der Waals surface area contributed by atoms with E-state index in [1.54, 1.807) is 13.2 Å². The zero-order valence-electron chi connectivity index (χ0n) is 11.4. The lowest BCUT2D eigenvalue weighted by Crippen LogP contribution is -2.40. The van der Waals surface area contributed by atoms with Gasteiger partial charge in [0.1, 0.15) is 6.54 Å². The molecular weight excluding hydrogens is 262 g/mol. The van der Waals surface area contributed by atoms with Gasteiger partial charge in [0.2, 0.25) is 11.8 Å². The molecular formula is C12H19N5O3. The summed E-state index contributed by atoms with van der Waals surface area (Å²) < 4.78 is 1.41. The number of likely N-dealkylation sites (N-methyl/N-ethyl adjacent to an activating group) is 1. The van der Waals surface area contributed by atoms with Gasteiger partial charge in [-0.05, 0) is 12.8 Å². The van der Waals surface area contributed by atoms with Crippen molar-refractivity contribution in [3.05, 3.63) is 11.9 Å². The quantitative estimate of drug-likeness (QED) is 0.637. The lowest BCUT2D eigenvalue weighted by Gasteiger charge is -2.16. The Hall–Kier alpha value is -1.96. The number of aliphatic hydroxyl groups excluding tert-OH is 1. The number of rotatable bonds is 7. The van der Waals surface area contributed by atoms with Crippen molar-refractivity contribution in [3.63, 3.8) is 0 Å². The number of nitrogens with one attached hydrogen (secondary N) is 1. The molecule has 0 spiro atoms. The Labute approximate surface area is 116 Å². The predicted molar refractivity (Wildman–Crippen MR) is 69.6 cm³/mol. The van der Waals surface area contributed by atoms with Crippen molar-refractivity contribution < 1.29 is 14.7 Å². The Morgan fingerprint density at radius 3 is 2.95 bits per heavy atom. The van der Waals surface area contributed by atoms with Crippen LogP contribution in [0.4, 0.5) is 0 Å². The number of hydrogen-bond donors (Lipinski definition) is 2. The smallest absolute Gasteiger partial charge is 0.244 e. The zero-order valence-corrected chi connectivity index (χ0v) is 11.4. The molecule has 8 heteroatoms. The van der Waals surface area contributed by atoms with Crippen LogP contribution in [0.25, 0.3) is 0 Å². The minimum atomic E-state index is -0.212. The topological polar surface area (TPSA) is 100 Å². The summed E-state index contributed by atoms with van der Waals surface area (Å²) in [4.78, 5) is 24.9. The second kappa shape index (κ2) is 6.47. The summed E-state index contributed by atoms with van der Waals surface area (Å²) in [5.41, 5.74) is 0.634. The molecule has 1 saturated carbocycles. The van der Waals surface area contributed by atoms with E-state index in [4.69, 9.17) is 5.11 Å². The number of carbonyl (C=O) groups excluding carboxylic acids is 2. The number of amides is 2. The van der Waals surface area contributed by atoms with E-state index >= 15 is 0 Å². The Balaban J connectivity index is 1.78. The van der Waals surface area contributed by atoms with Crippen molar-refractivity contribution in [2.45, 2.75) is 31.8 Å². The maximum Gasteiger partial charge on any atom is 0.244 e. The van der Waals surface area contributed by atoms with Gasteiger partial charge < -0.3 is 15.3 Å². The van der Waals surface area contributed by atoms with Crippen LogP contribution in [0.2, 0.25) is 0 Å². The normalized spacial score (nSPS) is 14.1. The monoisotopic (exact) mass is 281 g/mol. The van der Waals surface area contributed by atoms with Crippen molar-refractivity contribution in [1.82, 2.24) is 25.2 Å². The van der Waals surface area contributed by atoms with Crippen LogP contribution in [-0.4, -0.2) is 63.1 Å². The molecule has 0 radical (unpaired) electrons. The van der Waals surface area contributed by atoms with E-state index in [1.807, 2.05) is 0 Å². The molecule has 2 rings (SSSR count). The van der Waals surface area contributed by atoms with Crippen LogP contribution in [-0.2, 0) is 22.6 Å². The SMILES string of the molecule is CN(CC(=O)NC1CC1)C(=O)Cn1cc(CCO)nn1. The third-order valence-corrected chi connectivity index (χ3v) is 3.00. The minimum absolute atomic E-state index is 0.00607. The molecule has 2 amide bonds. The van der Waals surface area contributed by atoms with Gasteiger partial charge in [-0.15, -0.1) is 5.10 Å². The molecule has 0 aliphatic heterocycles. The number of aromatic nitrogens is 3. The first kappa shape index (κ1) is 14.4. The van der Waals surface area contributed by atoms with Crippen molar-refractivity contribution in [2.24, 2.45) is 0 Å². The fourth-order valence-electron chi connectivity index (χ4n) is 1.71. The van der Waals surface area contributed by atoms with E-state index in [-0.39, 0.29) is 31.5 Å². The molecule has 0 bridgehead atoms. The predicted octanol–water partition coefficient (Wildman–Crippen LogP) is -1.45. The summed E-state index contributed by atoms with van der Waals surface area (Å²) in [5, 5.41) is 19.2. The van der Waals surface area contributed by atoms with Crippen molar-refractivity contribution in [1.29, 1.82) is 0 Å². The molecule has 1 aromatic heterocycles. The van der Waals surface area contributed by atoms with Gasteiger partial charge in [-0.2, -0.15) is 0 Å². The summed E-state index contributed by atoms with van der Waals surface area (Å²) in [6.45, 7) is 0.0764. The van der Waals surface area contributed by atoms with Crippen molar-refractivity contribution in [3.8, 4) is 0 Å². The second-order valence-corrected chi connectivity index (χ2v) is 4.97. The lowest BCUT2D eigenvalue weighted by atomic mass is 10.3. The van der Waals surface area contributed by atoms with Crippen LogP contribution < -0.4 is 5.32 Å². The first-order valence-electron chi connectivity index (χ1n) is 6.61. The average molecular weight is 281 g/mol. The summed E-state index contributed by atoms with van der Waals surface area (Å²) >= 11 is 0. The van der Waals surface area contributed by atoms with Crippen LogP contribution >= 0.6 is 0 Å². The van der Waals surface area contributed by atoms with Gasteiger partial charge in [0, 0.05) is 32.3 Å². The van der Waals surface area contributed by atoms with Crippen LogP contribution in [0.15, 0.2) is 6.20 Å². The highest BCUT2D eigenvalue weighted by molar-refractivity contribution is 5.84. The van der Waals surface area contributed by atoms with E-state index in [0.717, 1.165) is 12.8 Å². The van der Waals surface area contributed by atoms with E-state index in [0.29, 0.717) is 18.2 Å². The molecule has 1 aliphatic carbocycles. The largest absolute Gasteiger partial charge is 0.396 e. The van der Waals surface area contributed by atoms with Crippen LogP contribution in [0.3, 0.4) is 0 Å². The minimum Gasteiger partial charge on any atom is -0.396 e. The van der Waals surface area contributed by atoms with Gasteiger partial charge in [0.15, 0.2) is 0 Å². The Bertz CT molecular complexity index is 483. The molecule has 20 heavy (non-hydrogen) atoms. The Morgan fingerprint density at radius 1 is 1.55 bits per heavy atom. The first-order chi connectivity index (χ1) is 9.58. The maximum absolute atomic E-state index is 11.9. The van der Waals surface area contributed by atoms with Crippen molar-refractivity contribution in [2.75, 3.05) is 20.2 Å².